The van der Waals surface area contributed by atoms with Crippen molar-refractivity contribution in [1.82, 2.24) is 10.6 Å². The summed E-state index contributed by atoms with van der Waals surface area (Å²) in [6.45, 7) is 4.71. The SMILES string of the molecule is CC1(CNC(=O)C2CNCc3ccccc32)CCC1. The van der Waals surface area contributed by atoms with Gasteiger partial charge >= 0.3 is 0 Å². The highest BCUT2D eigenvalue weighted by Gasteiger charge is 2.33. The molecule has 2 N–H and O–H groups in total. The summed E-state index contributed by atoms with van der Waals surface area (Å²) in [5, 5.41) is 6.49. The Morgan fingerprint density at radius 3 is 2.95 bits per heavy atom. The lowest BCUT2D eigenvalue weighted by Crippen LogP contribution is -2.44. The summed E-state index contributed by atoms with van der Waals surface area (Å²) >= 11 is 0. The summed E-state index contributed by atoms with van der Waals surface area (Å²) < 4.78 is 0. The number of carbonyl (C=O) groups excluding carboxylic acids is 1. The van der Waals surface area contributed by atoms with Gasteiger partial charge in [-0.25, -0.2) is 0 Å². The van der Waals surface area contributed by atoms with E-state index >= 15 is 0 Å². The first-order valence-corrected chi connectivity index (χ1v) is 7.24. The van der Waals surface area contributed by atoms with Crippen LogP contribution in [0.5, 0.6) is 0 Å². The second-order valence-electron chi connectivity index (χ2n) is 6.26. The smallest absolute Gasteiger partial charge is 0.228 e. The number of hydrogen-bond acceptors (Lipinski definition) is 2. The van der Waals surface area contributed by atoms with Crippen LogP contribution >= 0.6 is 0 Å². The topological polar surface area (TPSA) is 41.1 Å². The van der Waals surface area contributed by atoms with Crippen LogP contribution in [0.15, 0.2) is 24.3 Å². The van der Waals surface area contributed by atoms with Crippen molar-refractivity contribution in [3.05, 3.63) is 35.4 Å². The van der Waals surface area contributed by atoms with Gasteiger partial charge in [-0.1, -0.05) is 37.6 Å². The number of amides is 1. The van der Waals surface area contributed by atoms with E-state index in [1.165, 1.54) is 30.4 Å². The van der Waals surface area contributed by atoms with Crippen LogP contribution in [0, 0.1) is 5.41 Å². The number of rotatable bonds is 3. The second kappa shape index (κ2) is 4.97. The Labute approximate surface area is 114 Å². The first-order valence-electron chi connectivity index (χ1n) is 7.24. The van der Waals surface area contributed by atoms with E-state index in [-0.39, 0.29) is 11.8 Å². The Hall–Kier alpha value is -1.35. The fourth-order valence-electron chi connectivity index (χ4n) is 3.11. The fraction of sp³-hybridized carbons (Fsp3) is 0.562. The average molecular weight is 258 g/mol. The second-order valence-corrected chi connectivity index (χ2v) is 6.26. The zero-order chi connectivity index (χ0) is 13.3. The van der Waals surface area contributed by atoms with Gasteiger partial charge in [0.2, 0.25) is 5.91 Å². The molecule has 0 radical (unpaired) electrons. The molecule has 3 rings (SSSR count). The van der Waals surface area contributed by atoms with Crippen LogP contribution in [-0.4, -0.2) is 19.0 Å². The van der Waals surface area contributed by atoms with Crippen LogP contribution in [0.2, 0.25) is 0 Å². The maximum atomic E-state index is 12.4. The van der Waals surface area contributed by atoms with Crippen LogP contribution in [-0.2, 0) is 11.3 Å². The molecule has 0 bridgehead atoms. The molecule has 1 aliphatic carbocycles. The van der Waals surface area contributed by atoms with Crippen molar-refractivity contribution in [2.45, 2.75) is 38.6 Å². The van der Waals surface area contributed by atoms with E-state index in [0.717, 1.165) is 19.6 Å². The minimum Gasteiger partial charge on any atom is -0.355 e. The first kappa shape index (κ1) is 12.7. The molecule has 1 aromatic carbocycles. The van der Waals surface area contributed by atoms with Gasteiger partial charge in [-0.3, -0.25) is 4.79 Å². The molecule has 1 aromatic rings. The van der Waals surface area contributed by atoms with E-state index < -0.39 is 0 Å². The van der Waals surface area contributed by atoms with Crippen LogP contribution in [0.3, 0.4) is 0 Å². The van der Waals surface area contributed by atoms with E-state index in [1.54, 1.807) is 0 Å². The lowest BCUT2D eigenvalue weighted by molar-refractivity contribution is -0.123. The van der Waals surface area contributed by atoms with Gasteiger partial charge in [0.05, 0.1) is 5.92 Å². The quantitative estimate of drug-likeness (QED) is 0.872. The third kappa shape index (κ3) is 2.52. The summed E-state index contributed by atoms with van der Waals surface area (Å²) in [6, 6.07) is 8.26. The largest absolute Gasteiger partial charge is 0.355 e. The molecule has 1 atom stereocenters. The van der Waals surface area contributed by atoms with Crippen LogP contribution in [0.1, 0.15) is 43.2 Å². The summed E-state index contributed by atoms with van der Waals surface area (Å²) in [7, 11) is 0. The van der Waals surface area contributed by atoms with E-state index in [4.69, 9.17) is 0 Å². The summed E-state index contributed by atoms with van der Waals surface area (Å²) in [4.78, 5) is 12.4. The number of fused-ring (bicyclic) bond motifs is 1. The van der Waals surface area contributed by atoms with Gasteiger partial charge < -0.3 is 10.6 Å². The molecule has 1 saturated carbocycles. The van der Waals surface area contributed by atoms with Gasteiger partial charge in [0.25, 0.3) is 0 Å². The predicted molar refractivity (Wildman–Crippen MR) is 75.9 cm³/mol. The highest BCUT2D eigenvalue weighted by molar-refractivity contribution is 5.84. The van der Waals surface area contributed by atoms with Gasteiger partial charge in [-0.05, 0) is 29.4 Å². The molecular weight excluding hydrogens is 236 g/mol. The van der Waals surface area contributed by atoms with Crippen molar-refractivity contribution in [1.29, 1.82) is 0 Å². The molecule has 0 spiro atoms. The highest BCUT2D eigenvalue weighted by atomic mass is 16.1. The highest BCUT2D eigenvalue weighted by Crippen LogP contribution is 2.39. The Balaban J connectivity index is 1.67. The lowest BCUT2D eigenvalue weighted by Gasteiger charge is -2.39. The van der Waals surface area contributed by atoms with Gasteiger partial charge in [0.1, 0.15) is 0 Å². The Kier molecular flexibility index (Phi) is 3.31. The van der Waals surface area contributed by atoms with Crippen molar-refractivity contribution >= 4 is 5.91 Å². The minimum atomic E-state index is -0.0337. The maximum Gasteiger partial charge on any atom is 0.228 e. The molecule has 0 saturated heterocycles. The van der Waals surface area contributed by atoms with Crippen molar-refractivity contribution in [3.63, 3.8) is 0 Å². The molecule has 3 nitrogen and oxygen atoms in total. The van der Waals surface area contributed by atoms with E-state index in [1.807, 2.05) is 12.1 Å². The number of hydrogen-bond donors (Lipinski definition) is 2. The fourth-order valence-corrected chi connectivity index (χ4v) is 3.11. The lowest BCUT2D eigenvalue weighted by atomic mass is 9.70. The van der Waals surface area contributed by atoms with Crippen molar-refractivity contribution in [2.75, 3.05) is 13.1 Å². The molecule has 102 valence electrons. The molecule has 3 heteroatoms. The normalized spacial score (nSPS) is 24.2. The van der Waals surface area contributed by atoms with Crippen molar-refractivity contribution in [3.8, 4) is 0 Å². The third-order valence-electron chi connectivity index (χ3n) is 4.66. The monoisotopic (exact) mass is 258 g/mol. The van der Waals surface area contributed by atoms with Gasteiger partial charge in [-0.15, -0.1) is 0 Å². The molecule has 1 heterocycles. The standard InChI is InChI=1S/C16H22N2O/c1-16(7-4-8-16)11-18-15(19)14-10-17-9-12-5-2-3-6-13(12)14/h2-3,5-6,14,17H,4,7-11H2,1H3,(H,18,19). The number of nitrogens with one attached hydrogen (secondary N) is 2. The summed E-state index contributed by atoms with van der Waals surface area (Å²) in [5.74, 6) is 0.140. The number of benzene rings is 1. The van der Waals surface area contributed by atoms with Gasteiger partial charge in [0, 0.05) is 19.6 Å². The Morgan fingerprint density at radius 1 is 1.42 bits per heavy atom. The van der Waals surface area contributed by atoms with Crippen molar-refractivity contribution in [2.24, 2.45) is 5.41 Å². The maximum absolute atomic E-state index is 12.4. The van der Waals surface area contributed by atoms with E-state index in [9.17, 15) is 4.79 Å². The predicted octanol–water partition coefficient (Wildman–Crippen LogP) is 2.18. The molecule has 1 aliphatic heterocycles. The summed E-state index contributed by atoms with van der Waals surface area (Å²) in [5.41, 5.74) is 2.79. The average Bonchev–Trinajstić information content (AvgIpc) is 2.42. The van der Waals surface area contributed by atoms with Gasteiger partial charge in [0.15, 0.2) is 0 Å². The Morgan fingerprint density at radius 2 is 2.21 bits per heavy atom. The zero-order valence-electron chi connectivity index (χ0n) is 11.5. The van der Waals surface area contributed by atoms with Crippen LogP contribution in [0.25, 0.3) is 0 Å². The molecule has 1 unspecified atom stereocenters. The third-order valence-corrected chi connectivity index (χ3v) is 4.66. The Bertz CT molecular complexity index is 479. The molecule has 19 heavy (non-hydrogen) atoms. The number of carbonyl (C=O) groups is 1. The first-order chi connectivity index (χ1) is 9.18. The molecular formula is C16H22N2O. The summed E-state index contributed by atoms with van der Waals surface area (Å²) in [6.07, 6.45) is 3.79. The van der Waals surface area contributed by atoms with E-state index in [0.29, 0.717) is 5.41 Å². The molecule has 0 aromatic heterocycles. The zero-order valence-corrected chi connectivity index (χ0v) is 11.5. The van der Waals surface area contributed by atoms with Crippen LogP contribution < -0.4 is 10.6 Å². The van der Waals surface area contributed by atoms with Crippen molar-refractivity contribution < 1.29 is 4.79 Å². The van der Waals surface area contributed by atoms with Gasteiger partial charge in [-0.2, -0.15) is 0 Å². The molecule has 1 amide bonds. The minimum absolute atomic E-state index is 0.0337. The molecule has 2 aliphatic rings. The molecule has 1 fully saturated rings. The van der Waals surface area contributed by atoms with E-state index in [2.05, 4.69) is 29.7 Å². The van der Waals surface area contributed by atoms with Crippen LogP contribution in [0.4, 0.5) is 0 Å².